The third kappa shape index (κ3) is 4.02. The van der Waals surface area contributed by atoms with Gasteiger partial charge in [-0.05, 0) is 30.3 Å². The van der Waals surface area contributed by atoms with Gasteiger partial charge in [-0.3, -0.25) is 0 Å². The molecule has 0 bridgehead atoms. The second-order valence-electron chi connectivity index (χ2n) is 5.01. The minimum atomic E-state index is -2.96. The quantitative estimate of drug-likeness (QED) is 0.637. The number of pyridine rings is 2. The predicted octanol–water partition coefficient (Wildman–Crippen LogP) is 4.69. The molecule has 134 valence electrons. The molecule has 3 rings (SSSR count). The van der Waals surface area contributed by atoms with E-state index in [2.05, 4.69) is 14.7 Å². The fourth-order valence-corrected chi connectivity index (χ4v) is 2.26. The SMILES string of the molecule is COc1cc(F)ccc1-c1cccnc1Oc1ccc(OC(F)F)nc1. The van der Waals surface area contributed by atoms with Gasteiger partial charge in [-0.2, -0.15) is 8.78 Å². The highest BCUT2D eigenvalue weighted by Crippen LogP contribution is 2.37. The van der Waals surface area contributed by atoms with E-state index in [1.165, 1.54) is 43.8 Å². The molecule has 0 N–H and O–H groups in total. The van der Waals surface area contributed by atoms with Crippen LogP contribution in [0.2, 0.25) is 0 Å². The molecule has 3 aromatic rings. The van der Waals surface area contributed by atoms with E-state index in [0.717, 1.165) is 0 Å². The number of rotatable bonds is 6. The van der Waals surface area contributed by atoms with Crippen LogP contribution >= 0.6 is 0 Å². The Bertz CT molecular complexity index is 889. The number of hydrogen-bond donors (Lipinski definition) is 0. The summed E-state index contributed by atoms with van der Waals surface area (Å²) in [7, 11) is 1.43. The van der Waals surface area contributed by atoms with Gasteiger partial charge in [0.2, 0.25) is 11.8 Å². The smallest absolute Gasteiger partial charge is 0.388 e. The van der Waals surface area contributed by atoms with Crippen LogP contribution < -0.4 is 14.2 Å². The van der Waals surface area contributed by atoms with E-state index >= 15 is 0 Å². The Kier molecular flexibility index (Phi) is 5.21. The Morgan fingerprint density at radius 1 is 1.00 bits per heavy atom. The lowest BCUT2D eigenvalue weighted by atomic mass is 10.1. The first-order valence-corrected chi connectivity index (χ1v) is 7.44. The van der Waals surface area contributed by atoms with Gasteiger partial charge in [-0.25, -0.2) is 14.4 Å². The summed E-state index contributed by atoms with van der Waals surface area (Å²) in [5, 5.41) is 0. The van der Waals surface area contributed by atoms with Crippen molar-refractivity contribution in [3.8, 4) is 34.4 Å². The first-order valence-electron chi connectivity index (χ1n) is 7.44. The van der Waals surface area contributed by atoms with Crippen molar-refractivity contribution in [1.82, 2.24) is 9.97 Å². The molecule has 0 amide bonds. The van der Waals surface area contributed by atoms with E-state index < -0.39 is 12.4 Å². The van der Waals surface area contributed by atoms with E-state index in [1.54, 1.807) is 18.2 Å². The Hall–Kier alpha value is -3.29. The summed E-state index contributed by atoms with van der Waals surface area (Å²) in [5.41, 5.74) is 1.15. The van der Waals surface area contributed by atoms with Crippen LogP contribution in [-0.2, 0) is 0 Å². The van der Waals surface area contributed by atoms with Crippen molar-refractivity contribution in [2.24, 2.45) is 0 Å². The molecule has 0 spiro atoms. The molecular weight excluding hydrogens is 349 g/mol. The highest BCUT2D eigenvalue weighted by molar-refractivity contribution is 5.74. The second kappa shape index (κ2) is 7.73. The molecule has 0 radical (unpaired) electrons. The standard InChI is InChI=1S/C18H13F3N2O3/c1-24-15-9-11(19)4-6-13(15)14-3-2-8-22-17(14)25-12-5-7-16(23-10-12)26-18(20)21/h2-10,18H,1H3. The van der Waals surface area contributed by atoms with E-state index in [-0.39, 0.29) is 17.5 Å². The van der Waals surface area contributed by atoms with E-state index in [9.17, 15) is 13.2 Å². The van der Waals surface area contributed by atoms with Gasteiger partial charge in [0.15, 0.2) is 0 Å². The Morgan fingerprint density at radius 2 is 1.85 bits per heavy atom. The molecule has 26 heavy (non-hydrogen) atoms. The van der Waals surface area contributed by atoms with Gasteiger partial charge in [0, 0.05) is 29.5 Å². The second-order valence-corrected chi connectivity index (χ2v) is 5.01. The Labute approximate surface area is 147 Å². The molecule has 1 aromatic carbocycles. The van der Waals surface area contributed by atoms with Crippen molar-refractivity contribution in [3.63, 3.8) is 0 Å². The van der Waals surface area contributed by atoms with E-state index in [0.29, 0.717) is 16.9 Å². The molecule has 0 aliphatic rings. The maximum atomic E-state index is 13.4. The first-order chi connectivity index (χ1) is 12.6. The number of halogens is 3. The average molecular weight is 362 g/mol. The zero-order valence-electron chi connectivity index (χ0n) is 13.5. The molecule has 2 heterocycles. The maximum absolute atomic E-state index is 13.4. The molecule has 0 unspecified atom stereocenters. The molecule has 0 atom stereocenters. The van der Waals surface area contributed by atoms with Crippen LogP contribution in [0.25, 0.3) is 11.1 Å². The molecule has 5 nitrogen and oxygen atoms in total. The van der Waals surface area contributed by atoms with Crippen molar-refractivity contribution in [2.45, 2.75) is 6.61 Å². The minimum Gasteiger partial charge on any atom is -0.496 e. The normalized spacial score (nSPS) is 10.7. The Balaban J connectivity index is 1.91. The molecule has 0 saturated carbocycles. The molecule has 8 heteroatoms. The number of nitrogens with zero attached hydrogens (tertiary/aromatic N) is 2. The highest BCUT2D eigenvalue weighted by atomic mass is 19.3. The molecule has 0 aliphatic heterocycles. The fourth-order valence-electron chi connectivity index (χ4n) is 2.26. The lowest BCUT2D eigenvalue weighted by Gasteiger charge is -2.13. The number of hydrogen-bond acceptors (Lipinski definition) is 5. The largest absolute Gasteiger partial charge is 0.496 e. The first kappa shape index (κ1) is 17.5. The monoisotopic (exact) mass is 362 g/mol. The summed E-state index contributed by atoms with van der Waals surface area (Å²) in [6.45, 7) is -2.96. The predicted molar refractivity (Wildman–Crippen MR) is 87.1 cm³/mol. The van der Waals surface area contributed by atoms with Gasteiger partial charge in [-0.1, -0.05) is 0 Å². The van der Waals surface area contributed by atoms with Crippen molar-refractivity contribution >= 4 is 0 Å². The summed E-state index contributed by atoms with van der Waals surface area (Å²) in [5.74, 6) is 0.153. The minimum absolute atomic E-state index is 0.224. The molecule has 0 aliphatic carbocycles. The van der Waals surface area contributed by atoms with Gasteiger partial charge < -0.3 is 14.2 Å². The lowest BCUT2D eigenvalue weighted by Crippen LogP contribution is -2.03. The summed E-state index contributed by atoms with van der Waals surface area (Å²) in [6, 6.07) is 10.2. The lowest BCUT2D eigenvalue weighted by molar-refractivity contribution is -0.0528. The van der Waals surface area contributed by atoms with E-state index in [4.69, 9.17) is 9.47 Å². The van der Waals surface area contributed by atoms with Gasteiger partial charge in [-0.15, -0.1) is 0 Å². The number of methoxy groups -OCH3 is 1. The molecule has 2 aromatic heterocycles. The van der Waals surface area contributed by atoms with Crippen LogP contribution in [0.3, 0.4) is 0 Å². The third-order valence-electron chi connectivity index (χ3n) is 3.36. The number of ether oxygens (including phenoxy) is 3. The highest BCUT2D eigenvalue weighted by Gasteiger charge is 2.14. The van der Waals surface area contributed by atoms with Crippen LogP contribution in [0.4, 0.5) is 13.2 Å². The zero-order valence-corrected chi connectivity index (χ0v) is 13.5. The zero-order chi connectivity index (χ0) is 18.5. The van der Waals surface area contributed by atoms with Crippen molar-refractivity contribution < 1.29 is 27.4 Å². The van der Waals surface area contributed by atoms with Crippen LogP contribution in [0, 0.1) is 5.82 Å². The molecule has 0 fully saturated rings. The van der Waals surface area contributed by atoms with Crippen LogP contribution in [0.5, 0.6) is 23.3 Å². The molecular formula is C18H13F3N2O3. The average Bonchev–Trinajstić information content (AvgIpc) is 2.63. The van der Waals surface area contributed by atoms with Gasteiger partial charge in [0.05, 0.1) is 13.3 Å². The van der Waals surface area contributed by atoms with Gasteiger partial charge >= 0.3 is 6.61 Å². The summed E-state index contributed by atoms with van der Waals surface area (Å²) >= 11 is 0. The van der Waals surface area contributed by atoms with Crippen LogP contribution in [0.1, 0.15) is 0 Å². The van der Waals surface area contributed by atoms with Crippen molar-refractivity contribution in [1.29, 1.82) is 0 Å². The van der Waals surface area contributed by atoms with Crippen molar-refractivity contribution in [3.05, 3.63) is 60.7 Å². The van der Waals surface area contributed by atoms with E-state index in [1.807, 2.05) is 0 Å². The van der Waals surface area contributed by atoms with Crippen LogP contribution in [-0.4, -0.2) is 23.7 Å². The fraction of sp³-hybridized carbons (Fsp3) is 0.111. The third-order valence-corrected chi connectivity index (χ3v) is 3.36. The Morgan fingerprint density at radius 3 is 2.54 bits per heavy atom. The van der Waals surface area contributed by atoms with Gasteiger partial charge in [0.25, 0.3) is 0 Å². The maximum Gasteiger partial charge on any atom is 0.388 e. The topological polar surface area (TPSA) is 53.5 Å². The summed E-state index contributed by atoms with van der Waals surface area (Å²) < 4.78 is 52.8. The number of aromatic nitrogens is 2. The summed E-state index contributed by atoms with van der Waals surface area (Å²) in [6.07, 6.45) is 2.76. The van der Waals surface area contributed by atoms with Crippen LogP contribution in [0.15, 0.2) is 54.9 Å². The number of benzene rings is 1. The van der Waals surface area contributed by atoms with Crippen molar-refractivity contribution in [2.75, 3.05) is 7.11 Å². The molecule has 0 saturated heterocycles. The summed E-state index contributed by atoms with van der Waals surface area (Å²) in [4.78, 5) is 7.90. The van der Waals surface area contributed by atoms with Gasteiger partial charge in [0.1, 0.15) is 17.3 Å². The number of alkyl halides is 2.